The van der Waals surface area contributed by atoms with Crippen molar-refractivity contribution in [3.8, 4) is 0 Å². The molecule has 7 nitrogen and oxygen atoms in total. The SMILES string of the molecule is CN=C(NCC(C)N1CCC(C)CC1)N1CCN(C(C)C(=O)N2CCCC2)CC1. The molecular weight excluding hydrogens is 364 g/mol. The first-order valence-corrected chi connectivity index (χ1v) is 11.7. The number of piperidine rings is 1. The Morgan fingerprint density at radius 1 is 0.931 bits per heavy atom. The number of nitrogens with one attached hydrogen (secondary N) is 1. The summed E-state index contributed by atoms with van der Waals surface area (Å²) >= 11 is 0. The minimum Gasteiger partial charge on any atom is -0.355 e. The predicted molar refractivity (Wildman–Crippen MR) is 119 cm³/mol. The van der Waals surface area contributed by atoms with Crippen molar-refractivity contribution >= 4 is 11.9 Å². The van der Waals surface area contributed by atoms with Gasteiger partial charge in [-0.1, -0.05) is 6.92 Å². The van der Waals surface area contributed by atoms with Crippen LogP contribution in [0.2, 0.25) is 0 Å². The Morgan fingerprint density at radius 3 is 2.14 bits per heavy atom. The number of piperazine rings is 1. The van der Waals surface area contributed by atoms with Crippen LogP contribution in [0, 0.1) is 5.92 Å². The largest absolute Gasteiger partial charge is 0.355 e. The zero-order valence-electron chi connectivity index (χ0n) is 19.1. The lowest BCUT2D eigenvalue weighted by atomic mass is 9.98. The molecule has 3 saturated heterocycles. The molecule has 0 aromatic heterocycles. The lowest BCUT2D eigenvalue weighted by molar-refractivity contribution is -0.135. The number of hydrogen-bond acceptors (Lipinski definition) is 4. The molecular formula is C22H42N6O. The second-order valence-corrected chi connectivity index (χ2v) is 9.23. The van der Waals surface area contributed by atoms with E-state index in [-0.39, 0.29) is 6.04 Å². The Kier molecular flexibility index (Phi) is 8.18. The van der Waals surface area contributed by atoms with Crippen molar-refractivity contribution in [3.05, 3.63) is 0 Å². The molecule has 2 atom stereocenters. The molecule has 7 heteroatoms. The Balaban J connectivity index is 1.42. The zero-order chi connectivity index (χ0) is 20.8. The maximum Gasteiger partial charge on any atom is 0.239 e. The van der Waals surface area contributed by atoms with Gasteiger partial charge in [-0.3, -0.25) is 19.6 Å². The lowest BCUT2D eigenvalue weighted by Crippen LogP contribution is -2.57. The van der Waals surface area contributed by atoms with E-state index in [0.717, 1.165) is 70.5 Å². The van der Waals surface area contributed by atoms with Gasteiger partial charge in [0.05, 0.1) is 6.04 Å². The van der Waals surface area contributed by atoms with Gasteiger partial charge in [0.25, 0.3) is 0 Å². The van der Waals surface area contributed by atoms with Gasteiger partial charge in [-0.25, -0.2) is 0 Å². The average molecular weight is 407 g/mol. The molecule has 1 N–H and O–H groups in total. The fourth-order valence-corrected chi connectivity index (χ4v) is 4.85. The number of carbonyl (C=O) groups excluding carboxylic acids is 1. The Bertz CT molecular complexity index is 546. The highest BCUT2D eigenvalue weighted by Crippen LogP contribution is 2.18. The summed E-state index contributed by atoms with van der Waals surface area (Å²) in [6, 6.07) is 0.519. The highest BCUT2D eigenvalue weighted by atomic mass is 16.2. The summed E-state index contributed by atoms with van der Waals surface area (Å²) in [7, 11) is 1.88. The smallest absolute Gasteiger partial charge is 0.239 e. The molecule has 29 heavy (non-hydrogen) atoms. The number of nitrogens with zero attached hydrogens (tertiary/aromatic N) is 5. The number of aliphatic imine (C=N–C) groups is 1. The van der Waals surface area contributed by atoms with E-state index in [9.17, 15) is 4.79 Å². The third-order valence-electron chi connectivity index (χ3n) is 7.15. The van der Waals surface area contributed by atoms with E-state index < -0.39 is 0 Å². The van der Waals surface area contributed by atoms with Gasteiger partial charge in [0.1, 0.15) is 0 Å². The monoisotopic (exact) mass is 406 g/mol. The van der Waals surface area contributed by atoms with E-state index >= 15 is 0 Å². The van der Waals surface area contributed by atoms with E-state index in [4.69, 9.17) is 0 Å². The average Bonchev–Trinajstić information content (AvgIpc) is 3.29. The van der Waals surface area contributed by atoms with E-state index in [1.165, 1.54) is 25.9 Å². The van der Waals surface area contributed by atoms with Crippen LogP contribution in [-0.4, -0.2) is 110 Å². The molecule has 0 radical (unpaired) electrons. The predicted octanol–water partition coefficient (Wildman–Crippen LogP) is 1.31. The first kappa shape index (κ1) is 22.3. The van der Waals surface area contributed by atoms with Gasteiger partial charge < -0.3 is 15.1 Å². The highest BCUT2D eigenvalue weighted by molar-refractivity contribution is 5.82. The molecule has 0 bridgehead atoms. The summed E-state index contributed by atoms with van der Waals surface area (Å²) in [6.07, 6.45) is 4.94. The Morgan fingerprint density at radius 2 is 1.55 bits per heavy atom. The summed E-state index contributed by atoms with van der Waals surface area (Å²) < 4.78 is 0. The number of hydrogen-bond donors (Lipinski definition) is 1. The second kappa shape index (κ2) is 10.6. The van der Waals surface area contributed by atoms with Gasteiger partial charge >= 0.3 is 0 Å². The minimum absolute atomic E-state index is 0.00765. The van der Waals surface area contributed by atoms with Crippen LogP contribution < -0.4 is 5.32 Å². The maximum atomic E-state index is 12.7. The van der Waals surface area contributed by atoms with Crippen molar-refractivity contribution in [2.24, 2.45) is 10.9 Å². The van der Waals surface area contributed by atoms with Crippen LogP contribution in [0.5, 0.6) is 0 Å². The third-order valence-corrected chi connectivity index (χ3v) is 7.15. The summed E-state index contributed by atoms with van der Waals surface area (Å²) in [6.45, 7) is 15.7. The molecule has 1 amide bonds. The molecule has 3 aliphatic rings. The molecule has 3 fully saturated rings. The minimum atomic E-state index is -0.00765. The number of guanidine groups is 1. The first-order valence-electron chi connectivity index (χ1n) is 11.7. The molecule has 3 heterocycles. The molecule has 0 aromatic carbocycles. The third kappa shape index (κ3) is 5.85. The van der Waals surface area contributed by atoms with Crippen molar-refractivity contribution in [1.82, 2.24) is 24.9 Å². The number of amides is 1. The Labute approximate surface area is 177 Å². The standard InChI is InChI=1S/C22H42N6O/c1-18-7-11-25(12-8-18)19(2)17-24-22(23-4)28-15-13-26(14-16-28)20(3)21(29)27-9-5-6-10-27/h18-20H,5-17H2,1-4H3,(H,23,24). The van der Waals surface area contributed by atoms with Crippen LogP contribution in [0.4, 0.5) is 0 Å². The molecule has 0 saturated carbocycles. The number of carbonyl (C=O) groups is 1. The van der Waals surface area contributed by atoms with Crippen LogP contribution in [0.15, 0.2) is 4.99 Å². The van der Waals surface area contributed by atoms with Crippen LogP contribution in [0.1, 0.15) is 46.5 Å². The quantitative estimate of drug-likeness (QED) is 0.551. The second-order valence-electron chi connectivity index (χ2n) is 9.23. The van der Waals surface area contributed by atoms with Crippen molar-refractivity contribution in [2.45, 2.75) is 58.5 Å². The molecule has 0 aromatic rings. The van der Waals surface area contributed by atoms with Crippen LogP contribution >= 0.6 is 0 Å². The fourth-order valence-electron chi connectivity index (χ4n) is 4.85. The highest BCUT2D eigenvalue weighted by Gasteiger charge is 2.30. The lowest BCUT2D eigenvalue weighted by Gasteiger charge is -2.40. The fraction of sp³-hybridized carbons (Fsp3) is 0.909. The number of likely N-dealkylation sites (tertiary alicyclic amines) is 2. The number of rotatable bonds is 5. The summed E-state index contributed by atoms with van der Waals surface area (Å²) in [4.78, 5) is 26.5. The van der Waals surface area contributed by atoms with Gasteiger partial charge in [-0.15, -0.1) is 0 Å². The molecule has 0 spiro atoms. The summed E-state index contributed by atoms with van der Waals surface area (Å²) in [5.41, 5.74) is 0. The van der Waals surface area contributed by atoms with E-state index in [1.54, 1.807) is 0 Å². The van der Waals surface area contributed by atoms with Crippen molar-refractivity contribution in [1.29, 1.82) is 0 Å². The zero-order valence-corrected chi connectivity index (χ0v) is 19.1. The van der Waals surface area contributed by atoms with Gasteiger partial charge in [-0.2, -0.15) is 0 Å². The molecule has 3 aliphatic heterocycles. The van der Waals surface area contributed by atoms with Gasteiger partial charge in [0, 0.05) is 58.9 Å². The molecule has 0 aliphatic carbocycles. The Hall–Kier alpha value is -1.34. The summed E-state index contributed by atoms with van der Waals surface area (Å²) in [5, 5.41) is 3.60. The van der Waals surface area contributed by atoms with E-state index in [1.807, 2.05) is 11.9 Å². The molecule has 3 rings (SSSR count). The normalized spacial score (nSPS) is 25.3. The first-order chi connectivity index (χ1) is 14.0. The van der Waals surface area contributed by atoms with Crippen LogP contribution in [0.25, 0.3) is 0 Å². The van der Waals surface area contributed by atoms with Crippen molar-refractivity contribution < 1.29 is 4.79 Å². The van der Waals surface area contributed by atoms with Gasteiger partial charge in [0.15, 0.2) is 5.96 Å². The van der Waals surface area contributed by atoms with Gasteiger partial charge in [-0.05, 0) is 58.5 Å². The van der Waals surface area contributed by atoms with Crippen LogP contribution in [0.3, 0.4) is 0 Å². The topological polar surface area (TPSA) is 54.4 Å². The van der Waals surface area contributed by atoms with Crippen molar-refractivity contribution in [3.63, 3.8) is 0 Å². The molecule has 166 valence electrons. The van der Waals surface area contributed by atoms with Gasteiger partial charge in [0.2, 0.25) is 5.91 Å². The van der Waals surface area contributed by atoms with Crippen LogP contribution in [-0.2, 0) is 4.79 Å². The molecule has 2 unspecified atom stereocenters. The summed E-state index contributed by atoms with van der Waals surface area (Å²) in [5.74, 6) is 2.18. The van der Waals surface area contributed by atoms with E-state index in [2.05, 4.69) is 45.8 Å². The van der Waals surface area contributed by atoms with E-state index in [0.29, 0.717) is 11.9 Å². The van der Waals surface area contributed by atoms with Crippen molar-refractivity contribution in [2.75, 3.05) is 66.0 Å². The maximum absolute atomic E-state index is 12.7.